The smallest absolute Gasteiger partial charge is 0.413 e. The number of aromatic nitrogens is 1. The maximum absolute atomic E-state index is 12.5. The van der Waals surface area contributed by atoms with Crippen LogP contribution in [0.25, 0.3) is 11.1 Å². The Morgan fingerprint density at radius 1 is 1.03 bits per heavy atom. The molecule has 1 heterocycles. The number of benzene rings is 2. The SMILES string of the molecule is O=C(O)CC1CCC(NC(=O)c2csc(NC(=O)OCC3c4ccccc4-c4ccccc43)n2)C1. The Balaban J connectivity index is 1.15. The summed E-state index contributed by atoms with van der Waals surface area (Å²) in [6.45, 7) is 0.192. The molecule has 1 saturated carbocycles. The topological polar surface area (TPSA) is 118 Å². The van der Waals surface area contributed by atoms with Crippen LogP contribution in [0.15, 0.2) is 53.9 Å². The second kappa shape index (κ2) is 9.87. The van der Waals surface area contributed by atoms with Crippen LogP contribution in [0.4, 0.5) is 9.93 Å². The number of hydrogen-bond acceptors (Lipinski definition) is 6. The molecule has 3 aromatic rings. The van der Waals surface area contributed by atoms with Crippen molar-refractivity contribution in [3.8, 4) is 11.1 Å². The lowest BCUT2D eigenvalue weighted by Crippen LogP contribution is -2.33. The van der Waals surface area contributed by atoms with Crippen molar-refractivity contribution in [2.75, 3.05) is 11.9 Å². The number of carbonyl (C=O) groups is 3. The molecular weight excluding hydrogens is 466 g/mol. The van der Waals surface area contributed by atoms with Crippen molar-refractivity contribution in [2.24, 2.45) is 5.92 Å². The summed E-state index contributed by atoms with van der Waals surface area (Å²) >= 11 is 1.15. The summed E-state index contributed by atoms with van der Waals surface area (Å²) in [4.78, 5) is 40.1. The molecule has 1 fully saturated rings. The third-order valence-corrected chi connectivity index (χ3v) is 7.39. The van der Waals surface area contributed by atoms with E-state index in [0.717, 1.165) is 46.4 Å². The molecule has 2 aromatic carbocycles. The van der Waals surface area contributed by atoms with Gasteiger partial charge < -0.3 is 15.2 Å². The van der Waals surface area contributed by atoms with Crippen LogP contribution < -0.4 is 10.6 Å². The number of fused-ring (bicyclic) bond motifs is 3. The summed E-state index contributed by atoms with van der Waals surface area (Å²) in [6, 6.07) is 16.2. The lowest BCUT2D eigenvalue weighted by Gasteiger charge is -2.14. The third-order valence-electron chi connectivity index (χ3n) is 6.63. The summed E-state index contributed by atoms with van der Waals surface area (Å²) in [6.07, 6.45) is 1.67. The van der Waals surface area contributed by atoms with Crippen LogP contribution in [-0.2, 0) is 9.53 Å². The van der Waals surface area contributed by atoms with Crippen LogP contribution in [0.1, 0.15) is 53.2 Å². The molecule has 2 atom stereocenters. The van der Waals surface area contributed by atoms with Crippen LogP contribution in [0.3, 0.4) is 0 Å². The van der Waals surface area contributed by atoms with Gasteiger partial charge in [0.15, 0.2) is 5.13 Å². The molecule has 3 N–H and O–H groups in total. The maximum atomic E-state index is 12.5. The van der Waals surface area contributed by atoms with Gasteiger partial charge in [-0.15, -0.1) is 11.3 Å². The van der Waals surface area contributed by atoms with E-state index in [0.29, 0.717) is 6.42 Å². The second-order valence-electron chi connectivity index (χ2n) is 8.94. The summed E-state index contributed by atoms with van der Waals surface area (Å²) in [5, 5.41) is 16.3. The fraction of sp³-hybridized carbons (Fsp3) is 0.308. The Kier molecular flexibility index (Phi) is 6.50. The van der Waals surface area contributed by atoms with E-state index >= 15 is 0 Å². The van der Waals surface area contributed by atoms with Crippen LogP contribution in [0.5, 0.6) is 0 Å². The van der Waals surface area contributed by atoms with Crippen molar-refractivity contribution in [3.05, 3.63) is 70.7 Å². The van der Waals surface area contributed by atoms with E-state index in [2.05, 4.69) is 39.9 Å². The molecule has 9 heteroatoms. The average molecular weight is 492 g/mol. The highest BCUT2D eigenvalue weighted by molar-refractivity contribution is 7.14. The predicted octanol–water partition coefficient (Wildman–Crippen LogP) is 4.88. The van der Waals surface area contributed by atoms with Gasteiger partial charge in [0.1, 0.15) is 12.3 Å². The fourth-order valence-corrected chi connectivity index (χ4v) is 5.73. The van der Waals surface area contributed by atoms with Gasteiger partial charge in [-0.2, -0.15) is 0 Å². The van der Waals surface area contributed by atoms with Crippen LogP contribution in [0, 0.1) is 5.92 Å². The zero-order valence-corrected chi connectivity index (χ0v) is 19.7. The number of carbonyl (C=O) groups excluding carboxylic acids is 2. The number of thiazole rings is 1. The van der Waals surface area contributed by atoms with Crippen LogP contribution >= 0.6 is 11.3 Å². The maximum Gasteiger partial charge on any atom is 0.413 e. The van der Waals surface area contributed by atoms with Gasteiger partial charge in [0.25, 0.3) is 5.91 Å². The Labute approximate surface area is 206 Å². The van der Waals surface area contributed by atoms with Crippen molar-refractivity contribution in [1.29, 1.82) is 0 Å². The molecule has 2 amide bonds. The van der Waals surface area contributed by atoms with Crippen molar-refractivity contribution in [1.82, 2.24) is 10.3 Å². The van der Waals surface area contributed by atoms with E-state index in [9.17, 15) is 14.4 Å². The van der Waals surface area contributed by atoms with Crippen LogP contribution in [0.2, 0.25) is 0 Å². The fourth-order valence-electron chi connectivity index (χ4n) is 5.05. The summed E-state index contributed by atoms with van der Waals surface area (Å²) < 4.78 is 5.53. The highest BCUT2D eigenvalue weighted by Crippen LogP contribution is 2.44. The Morgan fingerprint density at radius 3 is 2.40 bits per heavy atom. The van der Waals surface area contributed by atoms with Gasteiger partial charge in [0, 0.05) is 23.8 Å². The first kappa shape index (κ1) is 23.0. The monoisotopic (exact) mass is 491 g/mol. The van der Waals surface area contributed by atoms with Gasteiger partial charge in [0.2, 0.25) is 0 Å². The first-order valence-corrected chi connectivity index (χ1v) is 12.5. The van der Waals surface area contributed by atoms with Gasteiger partial charge in [-0.1, -0.05) is 48.5 Å². The molecule has 2 aliphatic rings. The normalized spacial score (nSPS) is 18.5. The highest BCUT2D eigenvalue weighted by atomic mass is 32.1. The molecule has 2 aliphatic carbocycles. The van der Waals surface area contributed by atoms with Gasteiger partial charge in [-0.3, -0.25) is 14.9 Å². The van der Waals surface area contributed by atoms with E-state index < -0.39 is 12.1 Å². The minimum Gasteiger partial charge on any atom is -0.481 e. The summed E-state index contributed by atoms with van der Waals surface area (Å²) in [7, 11) is 0. The molecule has 35 heavy (non-hydrogen) atoms. The number of anilines is 1. The number of amides is 2. The zero-order chi connectivity index (χ0) is 24.4. The molecule has 1 aromatic heterocycles. The molecule has 0 radical (unpaired) electrons. The Morgan fingerprint density at radius 2 is 1.71 bits per heavy atom. The number of nitrogens with zero attached hydrogens (tertiary/aromatic N) is 1. The van der Waals surface area contributed by atoms with Crippen molar-refractivity contribution < 1.29 is 24.2 Å². The number of ether oxygens (including phenoxy) is 1. The van der Waals surface area contributed by atoms with Gasteiger partial charge in [-0.25, -0.2) is 9.78 Å². The third kappa shape index (κ3) is 5.05. The predicted molar refractivity (Wildman–Crippen MR) is 132 cm³/mol. The first-order chi connectivity index (χ1) is 17.0. The van der Waals surface area contributed by atoms with E-state index in [1.807, 2.05) is 24.3 Å². The Hall–Kier alpha value is -3.72. The largest absolute Gasteiger partial charge is 0.481 e. The van der Waals surface area contributed by atoms with Crippen LogP contribution in [-0.4, -0.2) is 40.7 Å². The van der Waals surface area contributed by atoms with Gasteiger partial charge >= 0.3 is 12.1 Å². The van der Waals surface area contributed by atoms with E-state index in [4.69, 9.17) is 9.84 Å². The number of nitrogens with one attached hydrogen (secondary N) is 2. The minimum atomic E-state index is -0.814. The van der Waals surface area contributed by atoms with Gasteiger partial charge in [0.05, 0.1) is 0 Å². The first-order valence-electron chi connectivity index (χ1n) is 11.6. The average Bonchev–Trinajstić information content (AvgIpc) is 3.55. The number of carboxylic acid groups (broad SMARTS) is 1. The van der Waals surface area contributed by atoms with Gasteiger partial charge in [-0.05, 0) is 47.4 Å². The molecule has 0 saturated heterocycles. The van der Waals surface area contributed by atoms with E-state index in [1.54, 1.807) is 5.38 Å². The molecule has 0 aliphatic heterocycles. The number of aliphatic carboxylic acids is 1. The van der Waals surface area contributed by atoms with Crippen molar-refractivity contribution >= 4 is 34.4 Å². The van der Waals surface area contributed by atoms with E-state index in [-0.39, 0.29) is 47.6 Å². The van der Waals surface area contributed by atoms with E-state index in [1.165, 1.54) is 0 Å². The molecule has 5 rings (SSSR count). The molecular formula is C26H25N3O5S. The molecule has 0 bridgehead atoms. The highest BCUT2D eigenvalue weighted by Gasteiger charge is 2.30. The summed E-state index contributed by atoms with van der Waals surface area (Å²) in [5.41, 5.74) is 4.79. The quantitative estimate of drug-likeness (QED) is 0.434. The zero-order valence-electron chi connectivity index (χ0n) is 18.9. The number of hydrogen-bond donors (Lipinski definition) is 3. The molecule has 2 unspecified atom stereocenters. The number of carboxylic acids is 1. The van der Waals surface area contributed by atoms with Crippen molar-refractivity contribution in [2.45, 2.75) is 37.6 Å². The minimum absolute atomic E-state index is 0.0397. The Bertz CT molecular complexity index is 1230. The second-order valence-corrected chi connectivity index (χ2v) is 9.79. The summed E-state index contributed by atoms with van der Waals surface area (Å²) in [5.74, 6) is -1.10. The number of rotatable bonds is 7. The van der Waals surface area contributed by atoms with Crippen molar-refractivity contribution in [3.63, 3.8) is 0 Å². The lowest BCUT2D eigenvalue weighted by atomic mass is 9.98. The molecule has 180 valence electrons. The molecule has 8 nitrogen and oxygen atoms in total. The lowest BCUT2D eigenvalue weighted by molar-refractivity contribution is -0.138. The molecule has 0 spiro atoms. The standard InChI is InChI=1S/C26H25N3O5S/c30-23(31)12-15-9-10-16(11-15)27-24(32)22-14-35-25(28-22)29-26(33)34-13-21-19-7-3-1-5-17(19)18-6-2-4-8-20(18)21/h1-8,14-16,21H,9-13H2,(H,27,32)(H,30,31)(H,28,29,33).